The lowest BCUT2D eigenvalue weighted by atomic mass is 9.94. The highest BCUT2D eigenvalue weighted by Crippen LogP contribution is 2.17. The van der Waals surface area contributed by atoms with E-state index in [9.17, 15) is 14.4 Å². The van der Waals surface area contributed by atoms with Crippen LogP contribution in [0.25, 0.3) is 0 Å². The van der Waals surface area contributed by atoms with Crippen molar-refractivity contribution in [3.05, 3.63) is 35.9 Å². The molecular weight excluding hydrogens is 240 g/mol. The maximum absolute atomic E-state index is 11.4. The Hall–Kier alpha value is -2.37. The molecule has 1 aromatic carbocycles. The Morgan fingerprint density at radius 3 is 2.11 bits per heavy atom. The largest absolute Gasteiger partial charge is 0.480 e. The highest BCUT2D eigenvalue weighted by molar-refractivity contribution is 5.98. The normalized spacial score (nSPS) is 10.6. The molecule has 0 unspecified atom stereocenters. The standard InChI is InChI=1S/C12H12O6/c1-12(2,10(14)15)11(16)18-17-9(13)8-6-4-3-5-7-8/h3-7H,1-2H3,(H,14,15). The molecule has 96 valence electrons. The summed E-state index contributed by atoms with van der Waals surface area (Å²) in [5.41, 5.74) is -1.59. The van der Waals surface area contributed by atoms with Crippen LogP contribution in [0.4, 0.5) is 0 Å². The fraction of sp³-hybridized carbons (Fsp3) is 0.250. The van der Waals surface area contributed by atoms with Crippen LogP contribution in [0.15, 0.2) is 30.3 Å². The second kappa shape index (κ2) is 5.31. The predicted octanol–water partition coefficient (Wildman–Crippen LogP) is 1.41. The molecular formula is C12H12O6. The highest BCUT2D eigenvalue weighted by atomic mass is 17.2. The minimum absolute atomic E-state index is 0.193. The summed E-state index contributed by atoms with van der Waals surface area (Å²) >= 11 is 0. The fourth-order valence-electron chi connectivity index (χ4n) is 0.890. The maximum Gasteiger partial charge on any atom is 0.386 e. The van der Waals surface area contributed by atoms with Gasteiger partial charge in [0.25, 0.3) is 0 Å². The van der Waals surface area contributed by atoms with Gasteiger partial charge in [-0.25, -0.2) is 19.4 Å². The van der Waals surface area contributed by atoms with Crippen molar-refractivity contribution in [3.63, 3.8) is 0 Å². The molecule has 0 fully saturated rings. The molecule has 0 atom stereocenters. The molecule has 0 aliphatic heterocycles. The average Bonchev–Trinajstić information content (AvgIpc) is 2.36. The zero-order valence-corrected chi connectivity index (χ0v) is 9.88. The van der Waals surface area contributed by atoms with Crippen LogP contribution in [-0.2, 0) is 19.4 Å². The van der Waals surface area contributed by atoms with Crippen LogP contribution in [-0.4, -0.2) is 23.0 Å². The highest BCUT2D eigenvalue weighted by Gasteiger charge is 2.39. The molecule has 0 aliphatic rings. The van der Waals surface area contributed by atoms with Gasteiger partial charge in [0.1, 0.15) is 0 Å². The average molecular weight is 252 g/mol. The molecule has 0 aromatic heterocycles. The number of aliphatic carboxylic acids is 1. The van der Waals surface area contributed by atoms with Crippen LogP contribution in [0.2, 0.25) is 0 Å². The van der Waals surface area contributed by atoms with Gasteiger partial charge in [-0.1, -0.05) is 18.2 Å². The fourth-order valence-corrected chi connectivity index (χ4v) is 0.890. The lowest BCUT2D eigenvalue weighted by Gasteiger charge is -2.15. The van der Waals surface area contributed by atoms with Crippen molar-refractivity contribution in [1.82, 2.24) is 0 Å². The summed E-state index contributed by atoms with van der Waals surface area (Å²) in [6.07, 6.45) is 0. The van der Waals surface area contributed by atoms with Crippen molar-refractivity contribution >= 4 is 17.9 Å². The molecule has 0 heterocycles. The maximum atomic E-state index is 11.4. The number of carbonyl (C=O) groups is 3. The third-order valence-electron chi connectivity index (χ3n) is 2.25. The van der Waals surface area contributed by atoms with Gasteiger partial charge in [0.2, 0.25) is 0 Å². The molecule has 0 bridgehead atoms. The number of rotatable bonds is 3. The molecule has 0 saturated carbocycles. The van der Waals surface area contributed by atoms with Crippen molar-refractivity contribution in [1.29, 1.82) is 0 Å². The molecule has 0 aliphatic carbocycles. The van der Waals surface area contributed by atoms with E-state index in [-0.39, 0.29) is 5.56 Å². The zero-order valence-electron chi connectivity index (χ0n) is 9.88. The molecule has 18 heavy (non-hydrogen) atoms. The van der Waals surface area contributed by atoms with Crippen LogP contribution >= 0.6 is 0 Å². The quantitative estimate of drug-likeness (QED) is 0.497. The lowest BCUT2D eigenvalue weighted by Crippen LogP contribution is -2.35. The van der Waals surface area contributed by atoms with Gasteiger partial charge in [-0.05, 0) is 26.0 Å². The first-order valence-corrected chi connectivity index (χ1v) is 5.07. The van der Waals surface area contributed by atoms with Crippen molar-refractivity contribution in [2.75, 3.05) is 0 Å². The van der Waals surface area contributed by atoms with Crippen LogP contribution < -0.4 is 0 Å². The summed E-state index contributed by atoms with van der Waals surface area (Å²) in [4.78, 5) is 42.0. The number of carboxylic acid groups (broad SMARTS) is 1. The van der Waals surface area contributed by atoms with E-state index in [0.29, 0.717) is 0 Å². The summed E-state index contributed by atoms with van der Waals surface area (Å²) < 4.78 is 0. The van der Waals surface area contributed by atoms with Crippen LogP contribution in [0.1, 0.15) is 24.2 Å². The summed E-state index contributed by atoms with van der Waals surface area (Å²) in [5.74, 6) is -3.40. The second-order valence-corrected chi connectivity index (χ2v) is 4.04. The first kappa shape index (κ1) is 13.7. The van der Waals surface area contributed by atoms with E-state index in [0.717, 1.165) is 13.8 Å². The van der Waals surface area contributed by atoms with Gasteiger partial charge in [0.05, 0.1) is 5.56 Å². The predicted molar refractivity (Wildman–Crippen MR) is 59.4 cm³/mol. The lowest BCUT2D eigenvalue weighted by molar-refractivity contribution is -0.243. The van der Waals surface area contributed by atoms with Crippen LogP contribution in [0.5, 0.6) is 0 Å². The van der Waals surface area contributed by atoms with E-state index < -0.39 is 23.3 Å². The monoisotopic (exact) mass is 252 g/mol. The number of carbonyl (C=O) groups excluding carboxylic acids is 2. The van der Waals surface area contributed by atoms with Crippen LogP contribution in [0, 0.1) is 5.41 Å². The summed E-state index contributed by atoms with van der Waals surface area (Å²) in [5, 5.41) is 8.75. The molecule has 1 rings (SSSR count). The minimum Gasteiger partial charge on any atom is -0.480 e. The number of hydrogen-bond donors (Lipinski definition) is 1. The minimum atomic E-state index is -1.78. The van der Waals surface area contributed by atoms with E-state index in [1.54, 1.807) is 18.2 Å². The summed E-state index contributed by atoms with van der Waals surface area (Å²) in [7, 11) is 0. The van der Waals surface area contributed by atoms with E-state index >= 15 is 0 Å². The molecule has 0 radical (unpaired) electrons. The second-order valence-electron chi connectivity index (χ2n) is 4.04. The Balaban J connectivity index is 2.59. The van der Waals surface area contributed by atoms with Crippen molar-refractivity contribution < 1.29 is 29.3 Å². The number of hydrogen-bond acceptors (Lipinski definition) is 5. The molecule has 0 amide bonds. The molecule has 6 heteroatoms. The van der Waals surface area contributed by atoms with Gasteiger partial charge in [-0.3, -0.25) is 4.79 Å². The van der Waals surface area contributed by atoms with Crippen molar-refractivity contribution in [3.8, 4) is 0 Å². The molecule has 0 saturated heterocycles. The zero-order chi connectivity index (χ0) is 13.8. The third-order valence-corrected chi connectivity index (χ3v) is 2.25. The van der Waals surface area contributed by atoms with E-state index in [2.05, 4.69) is 9.78 Å². The summed E-state index contributed by atoms with van der Waals surface area (Å²) in [6, 6.07) is 7.87. The molecule has 1 N–H and O–H groups in total. The van der Waals surface area contributed by atoms with E-state index in [1.165, 1.54) is 12.1 Å². The molecule has 0 spiro atoms. The summed E-state index contributed by atoms with van der Waals surface area (Å²) in [6.45, 7) is 2.29. The van der Waals surface area contributed by atoms with E-state index in [1.807, 2.05) is 0 Å². The van der Waals surface area contributed by atoms with Gasteiger partial charge in [0.15, 0.2) is 5.41 Å². The first-order valence-electron chi connectivity index (χ1n) is 5.07. The van der Waals surface area contributed by atoms with Gasteiger partial charge in [0, 0.05) is 0 Å². The van der Waals surface area contributed by atoms with Crippen LogP contribution in [0.3, 0.4) is 0 Å². The number of carboxylic acids is 1. The number of benzene rings is 1. The van der Waals surface area contributed by atoms with Crippen molar-refractivity contribution in [2.24, 2.45) is 5.41 Å². The van der Waals surface area contributed by atoms with Gasteiger partial charge in [-0.2, -0.15) is 0 Å². The molecule has 6 nitrogen and oxygen atoms in total. The first-order chi connectivity index (χ1) is 8.35. The smallest absolute Gasteiger partial charge is 0.386 e. The van der Waals surface area contributed by atoms with Gasteiger partial charge >= 0.3 is 17.9 Å². The molecule has 1 aromatic rings. The van der Waals surface area contributed by atoms with Gasteiger partial charge < -0.3 is 5.11 Å². The Kier molecular flexibility index (Phi) is 4.04. The Labute approximate surface area is 103 Å². The Morgan fingerprint density at radius 1 is 1.06 bits per heavy atom. The Morgan fingerprint density at radius 2 is 1.61 bits per heavy atom. The van der Waals surface area contributed by atoms with Crippen molar-refractivity contribution in [2.45, 2.75) is 13.8 Å². The third kappa shape index (κ3) is 3.07. The SMILES string of the molecule is CC(C)(C(=O)O)C(=O)OOC(=O)c1ccccc1. The Bertz CT molecular complexity index is 463. The van der Waals surface area contributed by atoms with Gasteiger partial charge in [-0.15, -0.1) is 0 Å². The topological polar surface area (TPSA) is 89.9 Å². The van der Waals surface area contributed by atoms with E-state index in [4.69, 9.17) is 5.11 Å².